The number of rotatable bonds is 5. The van der Waals surface area contributed by atoms with Crippen LogP contribution in [0.15, 0.2) is 48.5 Å². The lowest BCUT2D eigenvalue weighted by atomic mass is 9.82. The fourth-order valence-electron chi connectivity index (χ4n) is 4.30. The lowest BCUT2D eigenvalue weighted by molar-refractivity contribution is -0.0991. The topological polar surface area (TPSA) is 51.6 Å². The van der Waals surface area contributed by atoms with Crippen molar-refractivity contribution in [1.82, 2.24) is 4.98 Å². The summed E-state index contributed by atoms with van der Waals surface area (Å²) in [6.07, 6.45) is 2.01. The second-order valence-corrected chi connectivity index (χ2v) is 8.19. The molecule has 1 N–H and O–H groups in total. The Labute approximate surface area is 169 Å². The van der Waals surface area contributed by atoms with E-state index in [1.54, 1.807) is 12.1 Å². The maximum Gasteiger partial charge on any atom is 0.160 e. The molecular weight excluding hydrogens is 369 g/mol. The molecule has 1 atom stereocenters. The summed E-state index contributed by atoms with van der Waals surface area (Å²) in [5, 5.41) is 12.6. The van der Waals surface area contributed by atoms with E-state index in [4.69, 9.17) is 14.5 Å². The van der Waals surface area contributed by atoms with Crippen molar-refractivity contribution in [2.24, 2.45) is 0 Å². The molecule has 1 unspecified atom stereocenters. The predicted molar refractivity (Wildman–Crippen MR) is 109 cm³/mol. The standard InChI is InChI=1S/C24H24FNO3/c1-24(27,14-20-28-12-13-29-20)22-21(15-8-10-17(25)11-9-15)18-4-2-3-5-19(18)26-23(22)16-6-7-16/h2-5,8-11,16,20,27H,6-7,12-14H2,1H3. The largest absolute Gasteiger partial charge is 0.385 e. The van der Waals surface area contributed by atoms with Crippen molar-refractivity contribution in [3.05, 3.63) is 65.6 Å². The SMILES string of the molecule is CC(O)(CC1OCCO1)c1c(C2CC2)nc2ccccc2c1-c1ccc(F)cc1. The van der Waals surface area contributed by atoms with Crippen molar-refractivity contribution in [2.75, 3.05) is 13.2 Å². The van der Waals surface area contributed by atoms with Crippen molar-refractivity contribution in [1.29, 1.82) is 0 Å². The Balaban J connectivity index is 1.76. The molecule has 2 heterocycles. The van der Waals surface area contributed by atoms with E-state index in [9.17, 15) is 9.50 Å². The van der Waals surface area contributed by atoms with Crippen LogP contribution in [0.5, 0.6) is 0 Å². The number of nitrogens with zero attached hydrogens (tertiary/aromatic N) is 1. The number of hydrogen-bond donors (Lipinski definition) is 1. The first-order valence-corrected chi connectivity index (χ1v) is 10.2. The summed E-state index contributed by atoms with van der Waals surface area (Å²) in [6, 6.07) is 14.4. The Morgan fingerprint density at radius 1 is 1.07 bits per heavy atom. The average Bonchev–Trinajstić information content (AvgIpc) is 3.44. The van der Waals surface area contributed by atoms with Crippen molar-refractivity contribution in [2.45, 2.75) is 44.0 Å². The molecule has 0 bridgehead atoms. The fraction of sp³-hybridized carbons (Fsp3) is 0.375. The number of aromatic nitrogens is 1. The average molecular weight is 393 g/mol. The number of hydrogen-bond acceptors (Lipinski definition) is 4. The molecule has 1 aliphatic heterocycles. The minimum Gasteiger partial charge on any atom is -0.385 e. The maximum atomic E-state index is 13.6. The molecule has 2 aliphatic rings. The Morgan fingerprint density at radius 3 is 2.45 bits per heavy atom. The van der Waals surface area contributed by atoms with E-state index in [0.717, 1.165) is 46.1 Å². The number of para-hydroxylation sites is 1. The second kappa shape index (κ2) is 7.17. The molecule has 3 aromatic rings. The van der Waals surface area contributed by atoms with Crippen LogP contribution >= 0.6 is 0 Å². The van der Waals surface area contributed by atoms with Crippen LogP contribution < -0.4 is 0 Å². The summed E-state index contributed by atoms with van der Waals surface area (Å²) in [5.41, 5.74) is 3.22. The highest BCUT2D eigenvalue weighted by Gasteiger charge is 2.40. The van der Waals surface area contributed by atoms with Crippen LogP contribution in [-0.2, 0) is 15.1 Å². The van der Waals surface area contributed by atoms with Gasteiger partial charge in [-0.3, -0.25) is 4.98 Å². The summed E-state index contributed by atoms with van der Waals surface area (Å²) in [4.78, 5) is 4.97. The van der Waals surface area contributed by atoms with Gasteiger partial charge in [0, 0.05) is 23.3 Å². The van der Waals surface area contributed by atoms with Crippen LogP contribution in [0, 0.1) is 5.82 Å². The molecular formula is C24H24FNO3. The van der Waals surface area contributed by atoms with Gasteiger partial charge >= 0.3 is 0 Å². The van der Waals surface area contributed by atoms with Gasteiger partial charge in [-0.25, -0.2) is 4.39 Å². The number of benzene rings is 2. The molecule has 150 valence electrons. The van der Waals surface area contributed by atoms with Gasteiger partial charge in [0.15, 0.2) is 6.29 Å². The highest BCUT2D eigenvalue weighted by Crippen LogP contribution is 2.49. The molecule has 4 nitrogen and oxygen atoms in total. The van der Waals surface area contributed by atoms with Crippen LogP contribution in [0.3, 0.4) is 0 Å². The van der Waals surface area contributed by atoms with E-state index >= 15 is 0 Å². The van der Waals surface area contributed by atoms with E-state index in [1.807, 2.05) is 31.2 Å². The number of halogens is 1. The first-order valence-electron chi connectivity index (χ1n) is 10.2. The van der Waals surface area contributed by atoms with Crippen LogP contribution in [0.4, 0.5) is 4.39 Å². The first kappa shape index (κ1) is 18.7. The zero-order chi connectivity index (χ0) is 20.0. The van der Waals surface area contributed by atoms with Gasteiger partial charge in [-0.05, 0) is 49.1 Å². The minimum absolute atomic E-state index is 0.282. The molecule has 0 amide bonds. The molecule has 1 saturated heterocycles. The Bertz CT molecular complexity index is 1040. The van der Waals surface area contributed by atoms with Crippen molar-refractivity contribution in [3.63, 3.8) is 0 Å². The van der Waals surface area contributed by atoms with Crippen LogP contribution in [0.25, 0.3) is 22.0 Å². The quantitative estimate of drug-likeness (QED) is 0.671. The minimum atomic E-state index is -1.20. The third-order valence-electron chi connectivity index (χ3n) is 5.81. The lowest BCUT2D eigenvalue weighted by Crippen LogP contribution is -2.30. The molecule has 0 radical (unpaired) electrons. The van der Waals surface area contributed by atoms with Gasteiger partial charge in [-0.2, -0.15) is 0 Å². The van der Waals surface area contributed by atoms with Gasteiger partial charge in [-0.15, -0.1) is 0 Å². The molecule has 0 spiro atoms. The summed E-state index contributed by atoms with van der Waals surface area (Å²) < 4.78 is 24.9. The lowest BCUT2D eigenvalue weighted by Gasteiger charge is -2.31. The van der Waals surface area contributed by atoms with Crippen LogP contribution in [0.2, 0.25) is 0 Å². The van der Waals surface area contributed by atoms with Crippen molar-refractivity contribution >= 4 is 10.9 Å². The van der Waals surface area contributed by atoms with Crippen LogP contribution in [0.1, 0.15) is 43.4 Å². The smallest absolute Gasteiger partial charge is 0.160 e. The fourth-order valence-corrected chi connectivity index (χ4v) is 4.30. The molecule has 5 heteroatoms. The van der Waals surface area contributed by atoms with Crippen molar-refractivity contribution < 1.29 is 19.0 Å². The monoisotopic (exact) mass is 393 g/mol. The van der Waals surface area contributed by atoms with Gasteiger partial charge in [0.05, 0.1) is 30.0 Å². The molecule has 1 saturated carbocycles. The van der Waals surface area contributed by atoms with E-state index in [-0.39, 0.29) is 5.82 Å². The van der Waals surface area contributed by atoms with Gasteiger partial charge in [0.1, 0.15) is 5.82 Å². The number of pyridine rings is 1. The molecule has 1 aliphatic carbocycles. The molecule has 1 aromatic heterocycles. The number of fused-ring (bicyclic) bond motifs is 1. The van der Waals surface area contributed by atoms with Gasteiger partial charge in [0.25, 0.3) is 0 Å². The predicted octanol–water partition coefficient (Wildman–Crippen LogP) is 4.89. The number of ether oxygens (including phenoxy) is 2. The third-order valence-corrected chi connectivity index (χ3v) is 5.81. The zero-order valence-corrected chi connectivity index (χ0v) is 16.4. The molecule has 2 fully saturated rings. The normalized spacial score (nSPS) is 19.6. The Kier molecular flexibility index (Phi) is 4.62. The van der Waals surface area contributed by atoms with Gasteiger partial charge in [0.2, 0.25) is 0 Å². The van der Waals surface area contributed by atoms with E-state index in [0.29, 0.717) is 25.6 Å². The second-order valence-electron chi connectivity index (χ2n) is 8.19. The third kappa shape index (κ3) is 3.54. The number of aliphatic hydroxyl groups is 1. The summed E-state index contributed by atoms with van der Waals surface area (Å²) in [7, 11) is 0. The summed E-state index contributed by atoms with van der Waals surface area (Å²) >= 11 is 0. The first-order chi connectivity index (χ1) is 14.0. The van der Waals surface area contributed by atoms with E-state index in [1.165, 1.54) is 12.1 Å². The maximum absolute atomic E-state index is 13.6. The summed E-state index contributed by atoms with van der Waals surface area (Å²) in [6.45, 7) is 2.89. The van der Waals surface area contributed by atoms with Crippen LogP contribution in [-0.4, -0.2) is 29.6 Å². The van der Waals surface area contributed by atoms with Gasteiger partial charge < -0.3 is 14.6 Å². The Morgan fingerprint density at radius 2 is 1.76 bits per heavy atom. The molecule has 5 rings (SSSR count). The van der Waals surface area contributed by atoms with E-state index < -0.39 is 11.9 Å². The molecule has 29 heavy (non-hydrogen) atoms. The van der Waals surface area contributed by atoms with Gasteiger partial charge in [-0.1, -0.05) is 30.3 Å². The van der Waals surface area contributed by atoms with Crippen molar-refractivity contribution in [3.8, 4) is 11.1 Å². The highest BCUT2D eigenvalue weighted by molar-refractivity contribution is 5.97. The summed E-state index contributed by atoms with van der Waals surface area (Å²) in [5.74, 6) is 0.0567. The highest BCUT2D eigenvalue weighted by atomic mass is 19.1. The zero-order valence-electron chi connectivity index (χ0n) is 16.4. The molecule has 2 aromatic carbocycles. The Hall–Kier alpha value is -2.34. The van der Waals surface area contributed by atoms with E-state index in [2.05, 4.69) is 0 Å².